The maximum Gasteiger partial charge on any atom is 0.00816 e. The molecule has 60 valence electrons. The highest BCUT2D eigenvalue weighted by Gasteiger charge is 2.21. The average molecular weight is 142 g/mol. The standard InChI is InChI=1S/C8H18N2/c1-3-8-5-7(9)4-6(2)10-8/h6-8,10H,3-5,9H2,1-2H3/t6?,7-,8?/m1/s1. The Kier molecular flexibility index (Phi) is 2.69. The molecular formula is C8H18N2. The number of hydrogen-bond acceptors (Lipinski definition) is 2. The molecule has 10 heavy (non-hydrogen) atoms. The van der Waals surface area contributed by atoms with Crippen LogP contribution in [-0.4, -0.2) is 18.1 Å². The molecule has 0 aromatic rings. The Hall–Kier alpha value is -0.0800. The van der Waals surface area contributed by atoms with Crippen molar-refractivity contribution < 1.29 is 0 Å². The first-order chi connectivity index (χ1) is 4.72. The lowest BCUT2D eigenvalue weighted by Gasteiger charge is -2.32. The second-order valence-electron chi connectivity index (χ2n) is 3.40. The van der Waals surface area contributed by atoms with E-state index in [-0.39, 0.29) is 0 Å². The molecule has 0 bridgehead atoms. The second kappa shape index (κ2) is 3.35. The fourth-order valence-electron chi connectivity index (χ4n) is 1.74. The predicted molar refractivity (Wildman–Crippen MR) is 43.9 cm³/mol. The number of nitrogens with one attached hydrogen (secondary N) is 1. The third kappa shape index (κ3) is 1.96. The molecule has 0 spiro atoms. The summed E-state index contributed by atoms with van der Waals surface area (Å²) in [5.41, 5.74) is 5.85. The fourth-order valence-corrected chi connectivity index (χ4v) is 1.74. The van der Waals surface area contributed by atoms with Gasteiger partial charge in [-0.2, -0.15) is 0 Å². The molecule has 0 aromatic heterocycles. The van der Waals surface area contributed by atoms with E-state index in [1.165, 1.54) is 6.42 Å². The van der Waals surface area contributed by atoms with Crippen molar-refractivity contribution >= 4 is 0 Å². The first-order valence-corrected chi connectivity index (χ1v) is 4.24. The van der Waals surface area contributed by atoms with Gasteiger partial charge in [0.05, 0.1) is 0 Å². The predicted octanol–water partition coefficient (Wildman–Crippen LogP) is 0.864. The van der Waals surface area contributed by atoms with Crippen LogP contribution in [0, 0.1) is 0 Å². The minimum absolute atomic E-state index is 0.432. The van der Waals surface area contributed by atoms with Gasteiger partial charge in [-0.25, -0.2) is 0 Å². The molecule has 0 radical (unpaired) electrons. The van der Waals surface area contributed by atoms with Gasteiger partial charge in [-0.1, -0.05) is 6.92 Å². The lowest BCUT2D eigenvalue weighted by molar-refractivity contribution is 0.297. The van der Waals surface area contributed by atoms with Crippen molar-refractivity contribution in [2.75, 3.05) is 0 Å². The summed E-state index contributed by atoms with van der Waals surface area (Å²) in [6.45, 7) is 4.42. The summed E-state index contributed by atoms with van der Waals surface area (Å²) < 4.78 is 0. The first kappa shape index (κ1) is 8.02. The summed E-state index contributed by atoms with van der Waals surface area (Å²) in [6.07, 6.45) is 3.50. The Morgan fingerprint density at radius 3 is 2.70 bits per heavy atom. The molecule has 1 fully saturated rings. The van der Waals surface area contributed by atoms with Gasteiger partial charge in [-0.3, -0.25) is 0 Å². The number of rotatable bonds is 1. The van der Waals surface area contributed by atoms with E-state index < -0.39 is 0 Å². The Morgan fingerprint density at radius 2 is 2.20 bits per heavy atom. The average Bonchev–Trinajstić information content (AvgIpc) is 1.85. The number of hydrogen-bond donors (Lipinski definition) is 2. The van der Waals surface area contributed by atoms with Crippen molar-refractivity contribution in [3.8, 4) is 0 Å². The zero-order chi connectivity index (χ0) is 7.56. The maximum absolute atomic E-state index is 5.85. The molecule has 3 atom stereocenters. The minimum Gasteiger partial charge on any atom is -0.328 e. The summed E-state index contributed by atoms with van der Waals surface area (Å²) >= 11 is 0. The molecule has 2 nitrogen and oxygen atoms in total. The topological polar surface area (TPSA) is 38.0 Å². The van der Waals surface area contributed by atoms with Crippen LogP contribution in [0.25, 0.3) is 0 Å². The Morgan fingerprint density at radius 1 is 1.50 bits per heavy atom. The highest BCUT2D eigenvalue weighted by Crippen LogP contribution is 2.13. The van der Waals surface area contributed by atoms with Crippen LogP contribution in [-0.2, 0) is 0 Å². The van der Waals surface area contributed by atoms with Crippen LogP contribution < -0.4 is 11.1 Å². The molecule has 3 N–H and O–H groups in total. The zero-order valence-electron chi connectivity index (χ0n) is 6.93. The Labute approximate surface area is 63.2 Å². The van der Waals surface area contributed by atoms with Crippen LogP contribution in [0.2, 0.25) is 0 Å². The monoisotopic (exact) mass is 142 g/mol. The van der Waals surface area contributed by atoms with Crippen molar-refractivity contribution in [1.82, 2.24) is 5.32 Å². The molecule has 0 amide bonds. The number of nitrogens with two attached hydrogens (primary N) is 1. The molecule has 2 unspecified atom stereocenters. The smallest absolute Gasteiger partial charge is 0.00816 e. The van der Waals surface area contributed by atoms with Crippen molar-refractivity contribution in [2.24, 2.45) is 5.73 Å². The van der Waals surface area contributed by atoms with Gasteiger partial charge in [0.2, 0.25) is 0 Å². The molecule has 0 aromatic carbocycles. The highest BCUT2D eigenvalue weighted by atomic mass is 15.0. The lowest BCUT2D eigenvalue weighted by Crippen LogP contribution is -2.48. The maximum atomic E-state index is 5.85. The van der Waals surface area contributed by atoms with E-state index in [1.807, 2.05) is 0 Å². The Bertz CT molecular complexity index is 93.4. The fraction of sp³-hybridized carbons (Fsp3) is 1.00. The van der Waals surface area contributed by atoms with Crippen molar-refractivity contribution in [3.05, 3.63) is 0 Å². The van der Waals surface area contributed by atoms with Crippen molar-refractivity contribution in [3.63, 3.8) is 0 Å². The van der Waals surface area contributed by atoms with Gasteiger partial charge in [0.25, 0.3) is 0 Å². The van der Waals surface area contributed by atoms with Gasteiger partial charge in [-0.15, -0.1) is 0 Å². The Balaban J connectivity index is 2.35. The highest BCUT2D eigenvalue weighted by molar-refractivity contribution is 4.83. The number of piperidine rings is 1. The molecule has 1 rings (SSSR count). The van der Waals surface area contributed by atoms with Crippen molar-refractivity contribution in [2.45, 2.75) is 51.2 Å². The van der Waals surface area contributed by atoms with Gasteiger partial charge >= 0.3 is 0 Å². The summed E-state index contributed by atoms with van der Waals surface area (Å²) in [5.74, 6) is 0. The molecule has 0 saturated carbocycles. The largest absolute Gasteiger partial charge is 0.328 e. The molecule has 1 aliphatic rings. The van der Waals surface area contributed by atoms with Crippen LogP contribution in [0.15, 0.2) is 0 Å². The van der Waals surface area contributed by atoms with Crippen molar-refractivity contribution in [1.29, 1.82) is 0 Å². The normalized spacial score (nSPS) is 41.7. The molecular weight excluding hydrogens is 124 g/mol. The first-order valence-electron chi connectivity index (χ1n) is 4.24. The van der Waals surface area contributed by atoms with Crippen LogP contribution >= 0.6 is 0 Å². The molecule has 1 saturated heterocycles. The third-order valence-electron chi connectivity index (χ3n) is 2.26. The summed E-state index contributed by atoms with van der Waals surface area (Å²) in [6, 6.07) is 1.72. The van der Waals surface area contributed by atoms with Gasteiger partial charge in [0.1, 0.15) is 0 Å². The molecule has 2 heteroatoms. The van der Waals surface area contributed by atoms with Crippen LogP contribution in [0.3, 0.4) is 0 Å². The second-order valence-corrected chi connectivity index (χ2v) is 3.40. The van der Waals surface area contributed by atoms with Gasteiger partial charge in [0, 0.05) is 18.1 Å². The van der Waals surface area contributed by atoms with E-state index in [2.05, 4.69) is 19.2 Å². The van der Waals surface area contributed by atoms with E-state index in [4.69, 9.17) is 5.73 Å². The van der Waals surface area contributed by atoms with Crippen LogP contribution in [0.5, 0.6) is 0 Å². The molecule has 0 aliphatic carbocycles. The quantitative estimate of drug-likeness (QED) is 0.570. The van der Waals surface area contributed by atoms with E-state index in [9.17, 15) is 0 Å². The van der Waals surface area contributed by atoms with E-state index >= 15 is 0 Å². The minimum atomic E-state index is 0.432. The van der Waals surface area contributed by atoms with E-state index in [0.29, 0.717) is 18.1 Å². The van der Waals surface area contributed by atoms with Gasteiger partial charge in [-0.05, 0) is 26.2 Å². The van der Waals surface area contributed by atoms with Gasteiger partial charge in [0.15, 0.2) is 0 Å². The van der Waals surface area contributed by atoms with Crippen LogP contribution in [0.1, 0.15) is 33.1 Å². The third-order valence-corrected chi connectivity index (χ3v) is 2.26. The van der Waals surface area contributed by atoms with Crippen LogP contribution in [0.4, 0.5) is 0 Å². The zero-order valence-corrected chi connectivity index (χ0v) is 6.93. The summed E-state index contributed by atoms with van der Waals surface area (Å²) in [7, 11) is 0. The van der Waals surface area contributed by atoms with Gasteiger partial charge < -0.3 is 11.1 Å². The van der Waals surface area contributed by atoms with E-state index in [0.717, 1.165) is 12.8 Å². The van der Waals surface area contributed by atoms with E-state index in [1.54, 1.807) is 0 Å². The molecule has 1 heterocycles. The SMILES string of the molecule is CCC1C[C@H](N)CC(C)N1. The molecule has 1 aliphatic heterocycles. The summed E-state index contributed by atoms with van der Waals surface area (Å²) in [4.78, 5) is 0. The summed E-state index contributed by atoms with van der Waals surface area (Å²) in [5, 5.41) is 3.52. The lowest BCUT2D eigenvalue weighted by atomic mass is 9.94.